The molecule has 8 heteroatoms. The van der Waals surface area contributed by atoms with Crippen LogP contribution in [0.25, 0.3) is 0 Å². The third-order valence-electron chi connectivity index (χ3n) is 2.27. The van der Waals surface area contributed by atoms with Gasteiger partial charge in [0.1, 0.15) is 10.8 Å². The van der Waals surface area contributed by atoms with E-state index in [4.69, 9.17) is 23.2 Å². The third kappa shape index (κ3) is 3.74. The molecule has 0 aliphatic heterocycles. The summed E-state index contributed by atoms with van der Waals surface area (Å²) in [6, 6.07) is 6.67. The van der Waals surface area contributed by atoms with Crippen molar-refractivity contribution in [2.75, 3.05) is 5.32 Å². The van der Waals surface area contributed by atoms with Gasteiger partial charge < -0.3 is 5.32 Å². The quantitative estimate of drug-likeness (QED) is 0.516. The van der Waals surface area contributed by atoms with Crippen LogP contribution in [0.1, 0.15) is 10.5 Å². The molecule has 104 valence electrons. The second-order valence-electron chi connectivity index (χ2n) is 3.66. The highest BCUT2D eigenvalue weighted by Crippen LogP contribution is 2.34. The van der Waals surface area contributed by atoms with Crippen LogP contribution < -0.4 is 5.32 Å². The summed E-state index contributed by atoms with van der Waals surface area (Å²) in [5, 5.41) is 3.17. The summed E-state index contributed by atoms with van der Waals surface area (Å²) >= 11 is 21.8. The normalized spacial score (nSPS) is 10.4. The summed E-state index contributed by atoms with van der Waals surface area (Å²) in [5.74, 6) is -0.443. The minimum absolute atomic E-state index is 0.0703. The molecule has 1 aromatic heterocycles. The number of halogens is 5. The highest BCUT2D eigenvalue weighted by molar-refractivity contribution is 9.11. The van der Waals surface area contributed by atoms with Crippen molar-refractivity contribution in [1.82, 2.24) is 4.98 Å². The fraction of sp³-hybridized carbons (Fsp3) is 0. The molecule has 0 saturated carbocycles. The van der Waals surface area contributed by atoms with Gasteiger partial charge >= 0.3 is 0 Å². The van der Waals surface area contributed by atoms with Crippen molar-refractivity contribution in [1.29, 1.82) is 0 Å². The number of amides is 1. The SMILES string of the molecule is O=C(Nc1c(Br)cc(Br)cc1Br)c1nc(Cl)ccc1Cl. The molecule has 2 rings (SSSR count). The molecule has 1 amide bonds. The second-order valence-corrected chi connectivity index (χ2v) is 7.08. The van der Waals surface area contributed by atoms with Crippen LogP contribution in [-0.2, 0) is 0 Å². The zero-order valence-corrected chi connectivity index (χ0v) is 15.8. The molecule has 0 radical (unpaired) electrons. The van der Waals surface area contributed by atoms with Crippen LogP contribution in [-0.4, -0.2) is 10.9 Å². The van der Waals surface area contributed by atoms with Gasteiger partial charge in [-0.15, -0.1) is 0 Å². The Hall–Kier alpha value is -0.140. The van der Waals surface area contributed by atoms with E-state index in [-0.39, 0.29) is 15.9 Å². The third-order valence-corrected chi connectivity index (χ3v) is 4.50. The summed E-state index contributed by atoms with van der Waals surface area (Å²) in [6.07, 6.45) is 0. The fourth-order valence-electron chi connectivity index (χ4n) is 1.41. The monoisotopic (exact) mass is 500 g/mol. The van der Waals surface area contributed by atoms with Gasteiger partial charge in [0, 0.05) is 13.4 Å². The van der Waals surface area contributed by atoms with Crippen LogP contribution in [0.4, 0.5) is 5.69 Å². The molecule has 0 aliphatic rings. The molecule has 0 aliphatic carbocycles. The average molecular weight is 504 g/mol. The predicted octanol–water partition coefficient (Wildman–Crippen LogP) is 5.93. The standard InChI is InChI=1S/C12H5Br3Cl2N2O/c13-5-3-6(14)10(7(15)4-5)19-12(20)11-8(16)1-2-9(17)18-11/h1-4H,(H,19,20). The van der Waals surface area contributed by atoms with E-state index >= 15 is 0 Å². The molecule has 20 heavy (non-hydrogen) atoms. The maximum Gasteiger partial charge on any atom is 0.275 e. The summed E-state index contributed by atoms with van der Waals surface area (Å²) < 4.78 is 2.30. The molecule has 2 aromatic rings. The Morgan fingerprint density at radius 1 is 1.10 bits per heavy atom. The Kier molecular flexibility index (Phi) is 5.48. The lowest BCUT2D eigenvalue weighted by atomic mass is 10.3. The van der Waals surface area contributed by atoms with Crippen molar-refractivity contribution < 1.29 is 4.79 Å². The van der Waals surface area contributed by atoms with E-state index in [0.29, 0.717) is 14.6 Å². The van der Waals surface area contributed by atoms with Crippen molar-refractivity contribution >= 4 is 82.6 Å². The molecule has 1 aromatic carbocycles. The zero-order valence-electron chi connectivity index (χ0n) is 9.55. The lowest BCUT2D eigenvalue weighted by Crippen LogP contribution is -2.15. The number of nitrogens with one attached hydrogen (secondary N) is 1. The first-order valence-electron chi connectivity index (χ1n) is 5.16. The summed E-state index contributed by atoms with van der Waals surface area (Å²) in [4.78, 5) is 16.1. The molecule has 3 nitrogen and oxygen atoms in total. The Morgan fingerprint density at radius 3 is 2.30 bits per heavy atom. The second kappa shape index (κ2) is 6.75. The van der Waals surface area contributed by atoms with Crippen LogP contribution in [0.3, 0.4) is 0 Å². The van der Waals surface area contributed by atoms with Crippen LogP contribution in [0.5, 0.6) is 0 Å². The van der Waals surface area contributed by atoms with Crippen LogP contribution in [0.15, 0.2) is 37.7 Å². The maximum atomic E-state index is 12.2. The topological polar surface area (TPSA) is 42.0 Å². The Labute approximate surface area is 150 Å². The molecule has 1 heterocycles. The first-order chi connectivity index (χ1) is 9.38. The molecule has 0 unspecified atom stereocenters. The van der Waals surface area contributed by atoms with Gasteiger partial charge in [-0.05, 0) is 56.1 Å². The number of rotatable bonds is 2. The Bertz CT molecular complexity index is 671. The van der Waals surface area contributed by atoms with Crippen molar-refractivity contribution in [3.63, 3.8) is 0 Å². The number of aromatic nitrogens is 1. The number of nitrogens with zero attached hydrogens (tertiary/aromatic N) is 1. The molecular weight excluding hydrogens is 499 g/mol. The first kappa shape index (κ1) is 16.2. The zero-order chi connectivity index (χ0) is 14.9. The van der Waals surface area contributed by atoms with Gasteiger partial charge in [0.05, 0.1) is 10.7 Å². The summed E-state index contributed by atoms with van der Waals surface area (Å²) in [5.41, 5.74) is 0.650. The smallest absolute Gasteiger partial charge is 0.275 e. The van der Waals surface area contributed by atoms with Crippen molar-refractivity contribution in [2.45, 2.75) is 0 Å². The van der Waals surface area contributed by atoms with Gasteiger partial charge in [-0.1, -0.05) is 39.1 Å². The summed E-state index contributed by atoms with van der Waals surface area (Å²) in [6.45, 7) is 0. The van der Waals surface area contributed by atoms with Crippen LogP contribution >= 0.6 is 71.0 Å². The van der Waals surface area contributed by atoms with Gasteiger partial charge in [-0.25, -0.2) is 4.98 Å². The number of benzene rings is 1. The van der Waals surface area contributed by atoms with Gasteiger partial charge in [0.25, 0.3) is 5.91 Å². The maximum absolute atomic E-state index is 12.2. The highest BCUT2D eigenvalue weighted by Gasteiger charge is 2.16. The predicted molar refractivity (Wildman–Crippen MR) is 91.8 cm³/mol. The molecule has 0 saturated heterocycles. The molecule has 1 N–H and O–H groups in total. The Morgan fingerprint density at radius 2 is 1.70 bits per heavy atom. The minimum Gasteiger partial charge on any atom is -0.319 e. The largest absolute Gasteiger partial charge is 0.319 e. The van der Waals surface area contributed by atoms with Crippen LogP contribution in [0, 0.1) is 0 Å². The van der Waals surface area contributed by atoms with Gasteiger partial charge in [0.15, 0.2) is 0 Å². The number of hydrogen-bond acceptors (Lipinski definition) is 2. The number of carbonyl (C=O) groups is 1. The lowest BCUT2D eigenvalue weighted by Gasteiger charge is -2.10. The minimum atomic E-state index is -0.443. The average Bonchev–Trinajstić information content (AvgIpc) is 2.36. The van der Waals surface area contributed by atoms with E-state index in [1.165, 1.54) is 12.1 Å². The Balaban J connectivity index is 2.35. The summed E-state index contributed by atoms with van der Waals surface area (Å²) in [7, 11) is 0. The fourth-order valence-corrected chi connectivity index (χ4v) is 4.21. The molecular formula is C12H5Br3Cl2N2O. The van der Waals surface area contributed by atoms with Gasteiger partial charge in [0.2, 0.25) is 0 Å². The van der Waals surface area contributed by atoms with E-state index in [1.807, 2.05) is 12.1 Å². The molecule has 0 fully saturated rings. The molecule has 0 atom stereocenters. The van der Waals surface area contributed by atoms with E-state index in [0.717, 1.165) is 4.47 Å². The van der Waals surface area contributed by atoms with E-state index in [2.05, 4.69) is 58.1 Å². The number of carbonyl (C=O) groups excluding carboxylic acids is 1. The van der Waals surface area contributed by atoms with Crippen molar-refractivity contribution in [2.24, 2.45) is 0 Å². The number of pyridine rings is 1. The number of hydrogen-bond donors (Lipinski definition) is 1. The van der Waals surface area contributed by atoms with E-state index in [1.54, 1.807) is 0 Å². The lowest BCUT2D eigenvalue weighted by molar-refractivity contribution is 0.102. The van der Waals surface area contributed by atoms with Gasteiger partial charge in [-0.3, -0.25) is 4.79 Å². The van der Waals surface area contributed by atoms with E-state index < -0.39 is 5.91 Å². The van der Waals surface area contributed by atoms with Crippen LogP contribution in [0.2, 0.25) is 10.2 Å². The van der Waals surface area contributed by atoms with Crippen molar-refractivity contribution in [3.05, 3.63) is 53.6 Å². The molecule has 0 bridgehead atoms. The van der Waals surface area contributed by atoms with E-state index in [9.17, 15) is 4.79 Å². The van der Waals surface area contributed by atoms with Gasteiger partial charge in [-0.2, -0.15) is 0 Å². The molecule has 0 spiro atoms. The number of anilines is 1. The van der Waals surface area contributed by atoms with Crippen molar-refractivity contribution in [3.8, 4) is 0 Å². The highest BCUT2D eigenvalue weighted by atomic mass is 79.9. The first-order valence-corrected chi connectivity index (χ1v) is 8.30.